The summed E-state index contributed by atoms with van der Waals surface area (Å²) < 4.78 is 14.2. The number of thiazole rings is 1. The van der Waals surface area contributed by atoms with Gasteiger partial charge in [0.25, 0.3) is 0 Å². The number of benzene rings is 1. The van der Waals surface area contributed by atoms with Crippen molar-refractivity contribution >= 4 is 22.4 Å². The molecule has 3 heterocycles. The Bertz CT molecular complexity index is 1000. The normalized spacial score (nSPS) is 15.6. The number of ether oxygens (including phenoxy) is 2. The molecule has 0 spiro atoms. The van der Waals surface area contributed by atoms with E-state index in [4.69, 9.17) is 20.9 Å². The summed E-state index contributed by atoms with van der Waals surface area (Å²) in [5, 5.41) is 2.51. The van der Waals surface area contributed by atoms with Gasteiger partial charge in [-0.15, -0.1) is 11.3 Å². The van der Waals surface area contributed by atoms with Crippen LogP contribution in [0.15, 0.2) is 40.7 Å². The molecule has 4 rings (SSSR count). The zero-order valence-electron chi connectivity index (χ0n) is 15.2. The molecule has 1 aliphatic rings. The predicted molar refractivity (Wildman–Crippen MR) is 107 cm³/mol. The molecule has 2 aromatic heterocycles. The number of nitrogens with two attached hydrogens (primary N) is 2. The van der Waals surface area contributed by atoms with Gasteiger partial charge in [-0.25, -0.2) is 4.98 Å². The van der Waals surface area contributed by atoms with Crippen LogP contribution in [0.4, 0.5) is 5.13 Å². The van der Waals surface area contributed by atoms with Gasteiger partial charge >= 0.3 is 0 Å². The molecule has 1 aromatic carbocycles. The highest BCUT2D eigenvalue weighted by Crippen LogP contribution is 2.33. The Kier molecular flexibility index (Phi) is 4.49. The lowest BCUT2D eigenvalue weighted by Crippen LogP contribution is -2.33. The molecular formula is C19H21N5O2S. The molecule has 0 saturated heterocycles. The lowest BCUT2D eigenvalue weighted by molar-refractivity contribution is 0.0778. The van der Waals surface area contributed by atoms with Gasteiger partial charge in [-0.05, 0) is 32.0 Å². The molecule has 8 heteroatoms. The largest absolute Gasteiger partial charge is 0.486 e. The molecular weight excluding hydrogens is 362 g/mol. The zero-order chi connectivity index (χ0) is 19.0. The van der Waals surface area contributed by atoms with E-state index in [1.54, 1.807) is 0 Å². The van der Waals surface area contributed by atoms with Crippen LogP contribution in [0, 0.1) is 13.8 Å². The van der Waals surface area contributed by atoms with Crippen molar-refractivity contribution in [3.63, 3.8) is 0 Å². The van der Waals surface area contributed by atoms with Crippen molar-refractivity contribution in [1.29, 1.82) is 0 Å². The van der Waals surface area contributed by atoms with Crippen LogP contribution in [0.2, 0.25) is 0 Å². The van der Waals surface area contributed by atoms with Crippen LogP contribution in [0.1, 0.15) is 11.4 Å². The summed E-state index contributed by atoms with van der Waals surface area (Å²) in [4.78, 5) is 8.53. The Hall–Kier alpha value is -3.00. The number of hydrogen-bond donors (Lipinski definition) is 2. The first-order chi connectivity index (χ1) is 13.0. The average molecular weight is 383 g/mol. The molecule has 0 aliphatic carbocycles. The van der Waals surface area contributed by atoms with Crippen molar-refractivity contribution in [2.24, 2.45) is 16.5 Å². The van der Waals surface area contributed by atoms with E-state index in [1.807, 2.05) is 29.6 Å². The number of aliphatic imine (C=N–C) groups is 1. The minimum atomic E-state index is -0.0508. The minimum absolute atomic E-state index is 0.0103. The molecule has 4 N–H and O–H groups in total. The second kappa shape index (κ2) is 6.96. The SMILES string of the molecule is Cc1cc(-c2csc(N=C(N)N)n2)c(C)n1CC1COc2ccccc2O1. The maximum atomic E-state index is 6.10. The average Bonchev–Trinajstić information content (AvgIpc) is 3.20. The molecule has 1 aliphatic heterocycles. The highest BCUT2D eigenvalue weighted by atomic mass is 32.1. The first-order valence-corrected chi connectivity index (χ1v) is 9.50. The van der Waals surface area contributed by atoms with Gasteiger partial charge in [0.1, 0.15) is 6.61 Å². The van der Waals surface area contributed by atoms with Gasteiger partial charge in [-0.2, -0.15) is 4.99 Å². The molecule has 1 atom stereocenters. The molecule has 0 bridgehead atoms. The summed E-state index contributed by atoms with van der Waals surface area (Å²) in [5.74, 6) is 1.60. The molecule has 0 radical (unpaired) electrons. The second-order valence-corrected chi connectivity index (χ2v) is 7.28. The maximum absolute atomic E-state index is 6.10. The number of guanidine groups is 1. The summed E-state index contributed by atoms with van der Waals surface area (Å²) in [6.45, 7) is 5.39. The van der Waals surface area contributed by atoms with E-state index >= 15 is 0 Å². The second-order valence-electron chi connectivity index (χ2n) is 6.44. The lowest BCUT2D eigenvalue weighted by Gasteiger charge is -2.27. The Labute approximate surface area is 161 Å². The van der Waals surface area contributed by atoms with Gasteiger partial charge in [-0.3, -0.25) is 0 Å². The van der Waals surface area contributed by atoms with E-state index in [9.17, 15) is 0 Å². The van der Waals surface area contributed by atoms with Gasteiger partial charge in [0, 0.05) is 22.3 Å². The molecule has 0 fully saturated rings. The summed E-state index contributed by atoms with van der Waals surface area (Å²) in [6.07, 6.45) is -0.0508. The molecule has 140 valence electrons. The third kappa shape index (κ3) is 3.48. The molecule has 7 nitrogen and oxygen atoms in total. The van der Waals surface area contributed by atoms with E-state index < -0.39 is 0 Å². The molecule has 27 heavy (non-hydrogen) atoms. The third-order valence-corrected chi connectivity index (χ3v) is 5.25. The smallest absolute Gasteiger partial charge is 0.212 e. The summed E-state index contributed by atoms with van der Waals surface area (Å²) in [7, 11) is 0. The fraction of sp³-hybridized carbons (Fsp3) is 0.263. The van der Waals surface area contributed by atoms with Crippen LogP contribution in [-0.2, 0) is 6.54 Å². The molecule has 0 saturated carbocycles. The Morgan fingerprint density at radius 1 is 1.30 bits per heavy atom. The Morgan fingerprint density at radius 2 is 2.07 bits per heavy atom. The zero-order valence-corrected chi connectivity index (χ0v) is 16.0. The summed E-state index contributed by atoms with van der Waals surface area (Å²) in [6, 6.07) is 9.88. The number of hydrogen-bond acceptors (Lipinski definition) is 5. The number of aromatic nitrogens is 2. The van der Waals surface area contributed by atoms with Gasteiger partial charge in [0.15, 0.2) is 23.6 Å². The number of para-hydroxylation sites is 2. The number of aryl methyl sites for hydroxylation is 1. The first-order valence-electron chi connectivity index (χ1n) is 8.62. The van der Waals surface area contributed by atoms with Crippen LogP contribution in [0.5, 0.6) is 11.5 Å². The summed E-state index contributed by atoms with van der Waals surface area (Å²) in [5.41, 5.74) is 15.1. The van der Waals surface area contributed by atoms with Crippen LogP contribution in [-0.4, -0.2) is 28.2 Å². The predicted octanol–water partition coefficient (Wildman–Crippen LogP) is 2.97. The minimum Gasteiger partial charge on any atom is -0.486 e. The van der Waals surface area contributed by atoms with Crippen LogP contribution < -0.4 is 20.9 Å². The van der Waals surface area contributed by atoms with Crippen molar-refractivity contribution < 1.29 is 9.47 Å². The van der Waals surface area contributed by atoms with Gasteiger partial charge in [0.2, 0.25) is 5.13 Å². The fourth-order valence-corrected chi connectivity index (χ4v) is 3.95. The third-order valence-electron chi connectivity index (χ3n) is 4.52. The lowest BCUT2D eigenvalue weighted by atomic mass is 10.2. The van der Waals surface area contributed by atoms with Crippen LogP contribution in [0.3, 0.4) is 0 Å². The van der Waals surface area contributed by atoms with Crippen molar-refractivity contribution in [1.82, 2.24) is 9.55 Å². The maximum Gasteiger partial charge on any atom is 0.212 e. The Morgan fingerprint density at radius 3 is 2.85 bits per heavy atom. The highest BCUT2D eigenvalue weighted by Gasteiger charge is 2.23. The fourth-order valence-electron chi connectivity index (χ4n) is 3.25. The van der Waals surface area contributed by atoms with Crippen molar-refractivity contribution in [3.05, 3.63) is 47.1 Å². The topological polar surface area (TPSA) is 101 Å². The van der Waals surface area contributed by atoms with E-state index in [-0.39, 0.29) is 12.1 Å². The molecule has 0 amide bonds. The van der Waals surface area contributed by atoms with Crippen molar-refractivity contribution in [2.75, 3.05) is 6.61 Å². The molecule has 3 aromatic rings. The van der Waals surface area contributed by atoms with Gasteiger partial charge in [0.05, 0.1) is 12.2 Å². The van der Waals surface area contributed by atoms with E-state index in [0.717, 1.165) is 34.1 Å². The highest BCUT2D eigenvalue weighted by molar-refractivity contribution is 7.13. The molecule has 1 unspecified atom stereocenters. The van der Waals surface area contributed by atoms with Gasteiger partial charge < -0.3 is 25.5 Å². The van der Waals surface area contributed by atoms with E-state index in [1.165, 1.54) is 11.3 Å². The van der Waals surface area contributed by atoms with E-state index in [0.29, 0.717) is 18.3 Å². The quantitative estimate of drug-likeness (QED) is 0.533. The van der Waals surface area contributed by atoms with E-state index in [2.05, 4.69) is 34.5 Å². The van der Waals surface area contributed by atoms with Crippen LogP contribution in [0.25, 0.3) is 11.3 Å². The van der Waals surface area contributed by atoms with Crippen LogP contribution >= 0.6 is 11.3 Å². The Balaban J connectivity index is 1.57. The summed E-state index contributed by atoms with van der Waals surface area (Å²) >= 11 is 1.41. The number of rotatable bonds is 4. The first kappa shape index (κ1) is 17.4. The number of fused-ring (bicyclic) bond motifs is 1. The monoisotopic (exact) mass is 383 g/mol. The van der Waals surface area contributed by atoms with Gasteiger partial charge in [-0.1, -0.05) is 12.1 Å². The van der Waals surface area contributed by atoms with Crippen molar-refractivity contribution in [3.8, 4) is 22.8 Å². The van der Waals surface area contributed by atoms with Crippen molar-refractivity contribution in [2.45, 2.75) is 26.5 Å². The number of nitrogens with zero attached hydrogens (tertiary/aromatic N) is 3. The standard InChI is InChI=1S/C19H21N5O2S/c1-11-7-14(15-10-27-19(22-15)23-18(20)21)12(2)24(11)8-13-9-25-16-5-3-4-6-17(16)26-13/h3-7,10,13H,8-9H2,1-2H3,(H4,20,21,22,23).